The maximum Gasteiger partial charge on any atom is 0.263 e. The standard InChI is InChI=1S/C21H17ClN4O3S/c1-29-16-6-4-5-15(13-16)23-20-21(25-19-8-3-2-7-18(19)24-20)26-30(27,28)17-11-9-14(22)10-12-17/h2-13H,1H3,(H,23,24)(H,25,26). The summed E-state index contributed by atoms with van der Waals surface area (Å²) in [6, 6.07) is 20.3. The van der Waals surface area contributed by atoms with E-state index >= 15 is 0 Å². The SMILES string of the molecule is COc1cccc(Nc2nc3ccccc3nc2NS(=O)(=O)c2ccc(Cl)cc2)c1. The molecule has 1 aromatic heterocycles. The zero-order chi connectivity index (χ0) is 21.1. The Morgan fingerprint density at radius 1 is 0.867 bits per heavy atom. The van der Waals surface area contributed by atoms with Crippen LogP contribution < -0.4 is 14.8 Å². The van der Waals surface area contributed by atoms with Crippen LogP contribution in [0.1, 0.15) is 0 Å². The number of nitrogens with one attached hydrogen (secondary N) is 2. The summed E-state index contributed by atoms with van der Waals surface area (Å²) in [5.41, 5.74) is 1.85. The summed E-state index contributed by atoms with van der Waals surface area (Å²) in [5, 5.41) is 3.57. The van der Waals surface area contributed by atoms with Crippen LogP contribution in [-0.2, 0) is 10.0 Å². The van der Waals surface area contributed by atoms with Crippen LogP contribution in [-0.4, -0.2) is 25.5 Å². The molecular formula is C21H17ClN4O3S. The average molecular weight is 441 g/mol. The van der Waals surface area contributed by atoms with Gasteiger partial charge in [0.15, 0.2) is 11.6 Å². The molecule has 9 heteroatoms. The minimum Gasteiger partial charge on any atom is -0.497 e. The highest BCUT2D eigenvalue weighted by Gasteiger charge is 2.19. The number of nitrogens with zero attached hydrogens (tertiary/aromatic N) is 2. The number of halogens is 1. The van der Waals surface area contributed by atoms with Gasteiger partial charge >= 0.3 is 0 Å². The van der Waals surface area contributed by atoms with E-state index in [-0.39, 0.29) is 16.5 Å². The Bertz CT molecular complexity index is 1310. The van der Waals surface area contributed by atoms with Crippen LogP contribution in [0.15, 0.2) is 77.7 Å². The predicted octanol–water partition coefficient (Wildman–Crippen LogP) is 4.84. The lowest BCUT2D eigenvalue weighted by molar-refractivity contribution is 0.415. The minimum atomic E-state index is -3.90. The molecule has 3 aromatic carbocycles. The summed E-state index contributed by atoms with van der Waals surface area (Å²) in [7, 11) is -2.33. The Morgan fingerprint density at radius 3 is 2.20 bits per heavy atom. The van der Waals surface area contributed by atoms with Gasteiger partial charge in [-0.3, -0.25) is 4.72 Å². The Morgan fingerprint density at radius 2 is 1.53 bits per heavy atom. The van der Waals surface area contributed by atoms with Crippen molar-refractivity contribution in [3.05, 3.63) is 77.8 Å². The molecule has 0 unspecified atom stereocenters. The first-order valence-corrected chi connectivity index (χ1v) is 10.8. The van der Waals surface area contributed by atoms with E-state index < -0.39 is 10.0 Å². The largest absolute Gasteiger partial charge is 0.497 e. The van der Waals surface area contributed by atoms with Crippen molar-refractivity contribution in [1.82, 2.24) is 9.97 Å². The number of rotatable bonds is 6. The molecule has 0 amide bonds. The van der Waals surface area contributed by atoms with Crippen LogP contribution in [0.3, 0.4) is 0 Å². The lowest BCUT2D eigenvalue weighted by Crippen LogP contribution is -2.16. The summed E-state index contributed by atoms with van der Waals surface area (Å²) >= 11 is 5.87. The molecule has 0 saturated heterocycles. The van der Waals surface area contributed by atoms with Gasteiger partial charge in [0, 0.05) is 16.8 Å². The quantitative estimate of drug-likeness (QED) is 0.445. The Labute approximate surface area is 178 Å². The van der Waals surface area contributed by atoms with E-state index in [1.54, 1.807) is 31.4 Å². The number of hydrogen-bond donors (Lipinski definition) is 2. The second-order valence-corrected chi connectivity index (χ2v) is 8.44. The molecule has 0 bridgehead atoms. The third-order valence-corrected chi connectivity index (χ3v) is 5.86. The molecule has 0 atom stereocenters. The van der Waals surface area contributed by atoms with Gasteiger partial charge in [-0.15, -0.1) is 0 Å². The van der Waals surface area contributed by atoms with Gasteiger partial charge in [0.25, 0.3) is 10.0 Å². The molecule has 4 aromatic rings. The maximum atomic E-state index is 12.9. The van der Waals surface area contributed by atoms with Crippen molar-refractivity contribution in [2.75, 3.05) is 17.1 Å². The molecule has 0 aliphatic rings. The Balaban J connectivity index is 1.77. The molecule has 0 aliphatic heterocycles. The number of sulfonamides is 1. The fourth-order valence-electron chi connectivity index (χ4n) is 2.80. The van der Waals surface area contributed by atoms with Crippen molar-refractivity contribution in [1.29, 1.82) is 0 Å². The molecule has 4 rings (SSSR count). The van der Waals surface area contributed by atoms with Gasteiger partial charge in [0.2, 0.25) is 0 Å². The summed E-state index contributed by atoms with van der Waals surface area (Å²) in [5.74, 6) is 0.989. The van der Waals surface area contributed by atoms with E-state index in [9.17, 15) is 8.42 Å². The molecule has 152 valence electrons. The van der Waals surface area contributed by atoms with Crippen LogP contribution in [0, 0.1) is 0 Å². The first-order chi connectivity index (χ1) is 14.4. The van der Waals surface area contributed by atoms with Crippen molar-refractivity contribution >= 4 is 50.0 Å². The third kappa shape index (κ3) is 4.29. The number of benzene rings is 3. The lowest BCUT2D eigenvalue weighted by atomic mass is 10.3. The van der Waals surface area contributed by atoms with Crippen molar-refractivity contribution in [3.8, 4) is 5.75 Å². The van der Waals surface area contributed by atoms with Crippen LogP contribution in [0.25, 0.3) is 11.0 Å². The van der Waals surface area contributed by atoms with E-state index in [0.29, 0.717) is 27.5 Å². The first-order valence-electron chi connectivity index (χ1n) is 8.91. The highest BCUT2D eigenvalue weighted by atomic mass is 35.5. The molecule has 0 fully saturated rings. The Kier molecular flexibility index (Phi) is 5.43. The van der Waals surface area contributed by atoms with E-state index in [0.717, 1.165) is 0 Å². The number of hydrogen-bond acceptors (Lipinski definition) is 6. The minimum absolute atomic E-state index is 0.0641. The smallest absolute Gasteiger partial charge is 0.263 e. The summed E-state index contributed by atoms with van der Waals surface area (Å²) in [6.45, 7) is 0. The van der Waals surface area contributed by atoms with Crippen molar-refractivity contribution in [2.24, 2.45) is 0 Å². The second kappa shape index (κ2) is 8.17. The number of para-hydroxylation sites is 2. The van der Waals surface area contributed by atoms with Crippen LogP contribution in [0.2, 0.25) is 5.02 Å². The molecule has 0 spiro atoms. The monoisotopic (exact) mass is 440 g/mol. The first kappa shape index (κ1) is 19.9. The second-order valence-electron chi connectivity index (χ2n) is 6.33. The molecule has 0 radical (unpaired) electrons. The molecule has 0 saturated carbocycles. The van der Waals surface area contributed by atoms with E-state index in [1.807, 2.05) is 24.3 Å². The highest BCUT2D eigenvalue weighted by molar-refractivity contribution is 7.92. The fourth-order valence-corrected chi connectivity index (χ4v) is 3.93. The van der Waals surface area contributed by atoms with Crippen molar-refractivity contribution in [3.63, 3.8) is 0 Å². The third-order valence-electron chi connectivity index (χ3n) is 4.26. The molecule has 30 heavy (non-hydrogen) atoms. The fraction of sp³-hybridized carbons (Fsp3) is 0.0476. The van der Waals surface area contributed by atoms with E-state index in [2.05, 4.69) is 20.0 Å². The van der Waals surface area contributed by atoms with Crippen LogP contribution >= 0.6 is 11.6 Å². The number of aromatic nitrogens is 2. The van der Waals surface area contributed by atoms with Crippen molar-refractivity contribution in [2.45, 2.75) is 4.90 Å². The summed E-state index contributed by atoms with van der Waals surface area (Å²) in [6.07, 6.45) is 0. The lowest BCUT2D eigenvalue weighted by Gasteiger charge is -2.14. The molecular weight excluding hydrogens is 424 g/mol. The number of anilines is 3. The number of methoxy groups -OCH3 is 1. The predicted molar refractivity (Wildman–Crippen MR) is 118 cm³/mol. The van der Waals surface area contributed by atoms with Crippen LogP contribution in [0.4, 0.5) is 17.3 Å². The van der Waals surface area contributed by atoms with Gasteiger partial charge in [-0.05, 0) is 48.5 Å². The Hall–Kier alpha value is -3.36. The van der Waals surface area contributed by atoms with Gasteiger partial charge in [-0.25, -0.2) is 18.4 Å². The molecule has 0 aliphatic carbocycles. The maximum absolute atomic E-state index is 12.9. The number of ether oxygens (including phenoxy) is 1. The van der Waals surface area contributed by atoms with Gasteiger partial charge in [0.05, 0.1) is 23.0 Å². The summed E-state index contributed by atoms with van der Waals surface area (Å²) < 4.78 is 33.5. The van der Waals surface area contributed by atoms with Crippen molar-refractivity contribution < 1.29 is 13.2 Å². The van der Waals surface area contributed by atoms with E-state index in [4.69, 9.17) is 16.3 Å². The van der Waals surface area contributed by atoms with Gasteiger partial charge in [-0.1, -0.05) is 29.8 Å². The number of fused-ring (bicyclic) bond motifs is 1. The van der Waals surface area contributed by atoms with Gasteiger partial charge < -0.3 is 10.1 Å². The molecule has 7 nitrogen and oxygen atoms in total. The van der Waals surface area contributed by atoms with Gasteiger partial charge in [-0.2, -0.15) is 0 Å². The van der Waals surface area contributed by atoms with Gasteiger partial charge in [0.1, 0.15) is 5.75 Å². The van der Waals surface area contributed by atoms with Crippen LogP contribution in [0.5, 0.6) is 5.75 Å². The molecule has 1 heterocycles. The average Bonchev–Trinajstić information content (AvgIpc) is 2.74. The molecule has 2 N–H and O–H groups in total. The zero-order valence-corrected chi connectivity index (χ0v) is 17.4. The van der Waals surface area contributed by atoms with E-state index in [1.165, 1.54) is 24.3 Å². The normalized spacial score (nSPS) is 11.3. The highest BCUT2D eigenvalue weighted by Crippen LogP contribution is 2.28. The topological polar surface area (TPSA) is 93.2 Å². The zero-order valence-electron chi connectivity index (χ0n) is 15.8. The summed E-state index contributed by atoms with van der Waals surface area (Å²) in [4.78, 5) is 9.09.